The van der Waals surface area contributed by atoms with Gasteiger partial charge < -0.3 is 0 Å². The van der Waals surface area contributed by atoms with Crippen LogP contribution in [0.15, 0.2) is 47.3 Å². The standard InChI is InChI=1S/C22H22FN3O/c1-25-10-3-2-9-22(25)13-20-24-19-12-16(15-5-4-6-17(23)11-15)7-8-18(19)21(27)26(20)14-22/h4-8,11-12H,2-3,9-10,13-14H2,1H3. The van der Waals surface area contributed by atoms with E-state index in [1.807, 2.05) is 28.8 Å². The van der Waals surface area contributed by atoms with Gasteiger partial charge in [0.15, 0.2) is 0 Å². The average molecular weight is 363 g/mol. The van der Waals surface area contributed by atoms with Gasteiger partial charge in [-0.2, -0.15) is 0 Å². The van der Waals surface area contributed by atoms with Gasteiger partial charge in [0, 0.05) is 18.5 Å². The predicted octanol–water partition coefficient (Wildman–Crippen LogP) is 3.61. The number of hydrogen-bond donors (Lipinski definition) is 0. The van der Waals surface area contributed by atoms with Gasteiger partial charge in [0.1, 0.15) is 11.6 Å². The van der Waals surface area contributed by atoms with E-state index in [9.17, 15) is 9.18 Å². The van der Waals surface area contributed by atoms with Crippen molar-refractivity contribution in [2.45, 2.75) is 37.8 Å². The third-order valence-corrected chi connectivity index (χ3v) is 6.33. The lowest BCUT2D eigenvalue weighted by molar-refractivity contribution is 0.0729. The summed E-state index contributed by atoms with van der Waals surface area (Å²) in [6, 6.07) is 12.1. The van der Waals surface area contributed by atoms with Gasteiger partial charge in [-0.3, -0.25) is 14.3 Å². The van der Waals surface area contributed by atoms with Crippen LogP contribution in [0, 0.1) is 5.82 Å². The van der Waals surface area contributed by atoms with Gasteiger partial charge in [-0.25, -0.2) is 9.37 Å². The Labute approximate surface area is 157 Å². The number of hydrogen-bond acceptors (Lipinski definition) is 3. The van der Waals surface area contributed by atoms with Crippen LogP contribution in [0.1, 0.15) is 25.1 Å². The van der Waals surface area contributed by atoms with Crippen LogP contribution in [0.3, 0.4) is 0 Å². The summed E-state index contributed by atoms with van der Waals surface area (Å²) in [4.78, 5) is 20.4. The summed E-state index contributed by atoms with van der Waals surface area (Å²) in [7, 11) is 2.16. The summed E-state index contributed by atoms with van der Waals surface area (Å²) in [5.41, 5.74) is 2.43. The summed E-state index contributed by atoms with van der Waals surface area (Å²) < 4.78 is 15.4. The SMILES string of the molecule is CN1CCCCC12Cc1nc3cc(-c4cccc(F)c4)ccc3c(=O)n1C2. The second-order valence-electron chi connectivity index (χ2n) is 7.94. The normalized spacial score (nSPS) is 22.4. The van der Waals surface area contributed by atoms with E-state index in [1.165, 1.54) is 25.0 Å². The van der Waals surface area contributed by atoms with Crippen molar-refractivity contribution in [2.24, 2.45) is 0 Å². The van der Waals surface area contributed by atoms with Crippen LogP contribution in [0.2, 0.25) is 0 Å². The summed E-state index contributed by atoms with van der Waals surface area (Å²) in [6.45, 7) is 1.80. The molecule has 0 aliphatic carbocycles. The van der Waals surface area contributed by atoms with E-state index in [0.29, 0.717) is 10.9 Å². The third kappa shape index (κ3) is 2.60. The molecule has 2 aliphatic heterocycles. The number of rotatable bonds is 1. The summed E-state index contributed by atoms with van der Waals surface area (Å²) in [5, 5.41) is 0.634. The molecule has 1 aromatic heterocycles. The maximum absolute atomic E-state index is 13.6. The Hall–Kier alpha value is -2.53. The molecule has 138 valence electrons. The third-order valence-electron chi connectivity index (χ3n) is 6.33. The number of piperidine rings is 1. The van der Waals surface area contributed by atoms with Gasteiger partial charge >= 0.3 is 0 Å². The number of likely N-dealkylation sites (N-methyl/N-ethyl adjacent to an activating group) is 1. The topological polar surface area (TPSA) is 38.1 Å². The van der Waals surface area contributed by atoms with E-state index in [4.69, 9.17) is 4.98 Å². The molecule has 3 heterocycles. The van der Waals surface area contributed by atoms with Crippen molar-refractivity contribution in [2.75, 3.05) is 13.6 Å². The first-order valence-corrected chi connectivity index (χ1v) is 9.56. The molecule has 2 aliphatic rings. The van der Waals surface area contributed by atoms with Crippen molar-refractivity contribution in [3.63, 3.8) is 0 Å². The van der Waals surface area contributed by atoms with Crippen LogP contribution >= 0.6 is 0 Å². The highest BCUT2D eigenvalue weighted by Crippen LogP contribution is 2.36. The lowest BCUT2D eigenvalue weighted by Gasteiger charge is -2.41. The maximum Gasteiger partial charge on any atom is 0.261 e. The minimum absolute atomic E-state index is 0.0280. The number of nitrogens with zero attached hydrogens (tertiary/aromatic N) is 3. The Kier molecular flexibility index (Phi) is 3.69. The van der Waals surface area contributed by atoms with Gasteiger partial charge in [0.05, 0.1) is 10.9 Å². The molecule has 1 saturated heterocycles. The number of aromatic nitrogens is 2. The highest BCUT2D eigenvalue weighted by atomic mass is 19.1. The molecule has 0 bridgehead atoms. The first kappa shape index (κ1) is 16.6. The van der Waals surface area contributed by atoms with Crippen molar-refractivity contribution in [3.05, 3.63) is 64.5 Å². The minimum Gasteiger partial charge on any atom is -0.298 e. The van der Waals surface area contributed by atoms with Crippen molar-refractivity contribution >= 4 is 10.9 Å². The van der Waals surface area contributed by atoms with Crippen LogP contribution in [0.5, 0.6) is 0 Å². The smallest absolute Gasteiger partial charge is 0.261 e. The molecule has 3 aromatic rings. The fraction of sp³-hybridized carbons (Fsp3) is 0.364. The lowest BCUT2D eigenvalue weighted by atomic mass is 9.86. The molecular weight excluding hydrogens is 341 g/mol. The largest absolute Gasteiger partial charge is 0.298 e. The minimum atomic E-state index is -0.267. The van der Waals surface area contributed by atoms with Crippen molar-refractivity contribution in [1.29, 1.82) is 0 Å². The fourth-order valence-corrected chi connectivity index (χ4v) is 4.71. The Morgan fingerprint density at radius 2 is 1.96 bits per heavy atom. The van der Waals surface area contributed by atoms with Crippen molar-refractivity contribution in [3.8, 4) is 11.1 Å². The molecule has 2 aromatic carbocycles. The van der Waals surface area contributed by atoms with Crippen LogP contribution in [0.25, 0.3) is 22.0 Å². The Bertz CT molecular complexity index is 1110. The number of halogens is 1. The summed E-state index contributed by atoms with van der Waals surface area (Å²) in [5.74, 6) is 0.606. The van der Waals surface area contributed by atoms with Gasteiger partial charge in [0.2, 0.25) is 0 Å². The molecular formula is C22H22FN3O. The number of likely N-dealkylation sites (tertiary alicyclic amines) is 1. The molecule has 0 amide bonds. The quantitative estimate of drug-likeness (QED) is 0.663. The monoisotopic (exact) mass is 363 g/mol. The van der Waals surface area contributed by atoms with Crippen LogP contribution < -0.4 is 5.56 Å². The van der Waals surface area contributed by atoms with E-state index < -0.39 is 0 Å². The Balaban J connectivity index is 1.62. The molecule has 1 spiro atoms. The lowest BCUT2D eigenvalue weighted by Crippen LogP contribution is -2.51. The van der Waals surface area contributed by atoms with E-state index >= 15 is 0 Å². The average Bonchev–Trinajstić information content (AvgIpc) is 3.03. The fourth-order valence-electron chi connectivity index (χ4n) is 4.71. The Morgan fingerprint density at radius 1 is 1.11 bits per heavy atom. The zero-order chi connectivity index (χ0) is 18.6. The first-order chi connectivity index (χ1) is 13.1. The highest BCUT2D eigenvalue weighted by Gasteiger charge is 2.43. The molecule has 1 fully saturated rings. The van der Waals surface area contributed by atoms with E-state index in [-0.39, 0.29) is 16.9 Å². The highest BCUT2D eigenvalue weighted by molar-refractivity contribution is 5.83. The molecule has 1 unspecified atom stereocenters. The number of fused-ring (bicyclic) bond motifs is 2. The predicted molar refractivity (Wildman–Crippen MR) is 104 cm³/mol. The molecule has 5 rings (SSSR count). The summed E-state index contributed by atoms with van der Waals surface area (Å²) in [6.07, 6.45) is 4.35. The van der Waals surface area contributed by atoms with Crippen LogP contribution in [-0.4, -0.2) is 33.6 Å². The second kappa shape index (κ2) is 5.99. The second-order valence-corrected chi connectivity index (χ2v) is 7.94. The van der Waals surface area contributed by atoms with E-state index in [1.54, 1.807) is 6.07 Å². The van der Waals surface area contributed by atoms with Gasteiger partial charge in [0.25, 0.3) is 5.56 Å². The van der Waals surface area contributed by atoms with E-state index in [2.05, 4.69) is 11.9 Å². The molecule has 0 radical (unpaired) electrons. The molecule has 0 saturated carbocycles. The summed E-state index contributed by atoms with van der Waals surface area (Å²) >= 11 is 0. The zero-order valence-electron chi connectivity index (χ0n) is 15.4. The Morgan fingerprint density at radius 3 is 2.78 bits per heavy atom. The van der Waals surface area contributed by atoms with Gasteiger partial charge in [-0.05, 0) is 61.8 Å². The zero-order valence-corrected chi connectivity index (χ0v) is 15.4. The first-order valence-electron chi connectivity index (χ1n) is 9.56. The van der Waals surface area contributed by atoms with Crippen LogP contribution in [-0.2, 0) is 13.0 Å². The van der Waals surface area contributed by atoms with Gasteiger partial charge in [-0.1, -0.05) is 24.6 Å². The molecule has 4 nitrogen and oxygen atoms in total. The van der Waals surface area contributed by atoms with Crippen molar-refractivity contribution < 1.29 is 4.39 Å². The van der Waals surface area contributed by atoms with E-state index in [0.717, 1.165) is 42.9 Å². The van der Waals surface area contributed by atoms with Crippen molar-refractivity contribution in [1.82, 2.24) is 14.5 Å². The van der Waals surface area contributed by atoms with Gasteiger partial charge in [-0.15, -0.1) is 0 Å². The van der Waals surface area contributed by atoms with Crippen LogP contribution in [0.4, 0.5) is 4.39 Å². The molecule has 1 atom stereocenters. The molecule has 27 heavy (non-hydrogen) atoms. The maximum atomic E-state index is 13.6. The molecule has 0 N–H and O–H groups in total. The number of benzene rings is 2. The molecule has 5 heteroatoms.